The highest BCUT2D eigenvalue weighted by molar-refractivity contribution is 5.05. The molecule has 0 fully saturated rings. The quantitative estimate of drug-likeness (QED) is 0.743. The van der Waals surface area contributed by atoms with Crippen LogP contribution in [0.4, 0.5) is 0 Å². The van der Waals surface area contributed by atoms with E-state index in [0.717, 1.165) is 5.56 Å². The van der Waals surface area contributed by atoms with Crippen LogP contribution in [0, 0.1) is 0 Å². The van der Waals surface area contributed by atoms with Gasteiger partial charge in [0.25, 0.3) is 5.56 Å². The molecule has 6 nitrogen and oxygen atoms in total. The van der Waals surface area contributed by atoms with Crippen molar-refractivity contribution in [2.24, 2.45) is 0 Å². The molecule has 0 radical (unpaired) electrons. The number of nitrogens with one attached hydrogen (secondary N) is 2. The third kappa shape index (κ3) is 3.45. The summed E-state index contributed by atoms with van der Waals surface area (Å²) >= 11 is 0. The van der Waals surface area contributed by atoms with Crippen LogP contribution in [0.3, 0.4) is 0 Å². The fourth-order valence-electron chi connectivity index (χ4n) is 1.80. The third-order valence-corrected chi connectivity index (χ3v) is 2.90. The predicted octanol–water partition coefficient (Wildman–Crippen LogP) is 0.482. The van der Waals surface area contributed by atoms with Crippen LogP contribution in [0.25, 0.3) is 0 Å². The third-order valence-electron chi connectivity index (χ3n) is 2.90. The van der Waals surface area contributed by atoms with Crippen molar-refractivity contribution in [2.45, 2.75) is 26.4 Å². The average molecular weight is 263 g/mol. The molecular formula is C13H17N3O3. The van der Waals surface area contributed by atoms with Crippen LogP contribution in [0.2, 0.25) is 0 Å². The van der Waals surface area contributed by atoms with E-state index in [2.05, 4.69) is 10.3 Å². The Morgan fingerprint density at radius 2 is 2.26 bits per heavy atom. The van der Waals surface area contributed by atoms with Crippen LogP contribution >= 0.6 is 0 Å². The molecule has 0 saturated heterocycles. The molecule has 0 unspecified atom stereocenters. The summed E-state index contributed by atoms with van der Waals surface area (Å²) in [6.45, 7) is 3.73. The first kappa shape index (κ1) is 13.4. The molecule has 0 aromatic carbocycles. The number of H-pyrrole nitrogens is 1. The number of aromatic nitrogens is 2. The maximum absolute atomic E-state index is 11.6. The highest BCUT2D eigenvalue weighted by atomic mass is 16.3. The Kier molecular flexibility index (Phi) is 4.35. The molecule has 0 amide bonds. The van der Waals surface area contributed by atoms with E-state index in [-0.39, 0.29) is 11.2 Å². The molecule has 2 N–H and O–H groups in total. The van der Waals surface area contributed by atoms with Crippen molar-refractivity contribution in [1.29, 1.82) is 0 Å². The summed E-state index contributed by atoms with van der Waals surface area (Å²) in [5, 5.41) is 3.20. The maximum atomic E-state index is 11.6. The molecule has 0 saturated carbocycles. The molecule has 2 aromatic rings. The highest BCUT2D eigenvalue weighted by Gasteiger charge is 2.02. The van der Waals surface area contributed by atoms with Gasteiger partial charge in [-0.15, -0.1) is 0 Å². The lowest BCUT2D eigenvalue weighted by molar-refractivity contribution is 0.550. The summed E-state index contributed by atoms with van der Waals surface area (Å²) in [6.07, 6.45) is 5.53. The average Bonchev–Trinajstić information content (AvgIpc) is 2.90. The summed E-state index contributed by atoms with van der Waals surface area (Å²) in [6, 6.07) is 1.88. The Bertz CT molecular complexity index is 625. The monoisotopic (exact) mass is 263 g/mol. The second-order valence-electron chi connectivity index (χ2n) is 4.27. The largest absolute Gasteiger partial charge is 0.472 e. The minimum absolute atomic E-state index is 0.296. The van der Waals surface area contributed by atoms with E-state index in [0.29, 0.717) is 31.6 Å². The molecule has 0 atom stereocenters. The maximum Gasteiger partial charge on any atom is 0.328 e. The van der Waals surface area contributed by atoms with E-state index >= 15 is 0 Å². The molecule has 0 bridgehead atoms. The van der Waals surface area contributed by atoms with Gasteiger partial charge >= 0.3 is 5.69 Å². The molecule has 2 rings (SSSR count). The summed E-state index contributed by atoms with van der Waals surface area (Å²) in [5.41, 5.74) is 1.01. The zero-order chi connectivity index (χ0) is 13.7. The number of aryl methyl sites for hydroxylation is 1. The van der Waals surface area contributed by atoms with Crippen LogP contribution in [-0.2, 0) is 19.5 Å². The van der Waals surface area contributed by atoms with E-state index < -0.39 is 0 Å². The fraction of sp³-hybridized carbons (Fsp3) is 0.385. The van der Waals surface area contributed by atoms with Gasteiger partial charge in [0.1, 0.15) is 0 Å². The van der Waals surface area contributed by atoms with Gasteiger partial charge in [-0.1, -0.05) is 6.92 Å². The lowest BCUT2D eigenvalue weighted by Gasteiger charge is -2.07. The standard InChI is InChI=1S/C13H17N3O3/c1-2-11-8-16(13(18)15-12(11)17)5-4-14-7-10-3-6-19-9-10/h3,6,8-9,14H,2,4-5,7H2,1H3,(H,15,17,18). The Morgan fingerprint density at radius 1 is 1.42 bits per heavy atom. The molecule has 6 heteroatoms. The normalized spacial score (nSPS) is 10.8. The van der Waals surface area contributed by atoms with Gasteiger partial charge < -0.3 is 9.73 Å². The zero-order valence-corrected chi connectivity index (χ0v) is 10.8. The predicted molar refractivity (Wildman–Crippen MR) is 71.1 cm³/mol. The van der Waals surface area contributed by atoms with E-state index in [9.17, 15) is 9.59 Å². The van der Waals surface area contributed by atoms with Gasteiger partial charge in [-0.05, 0) is 12.5 Å². The smallest absolute Gasteiger partial charge is 0.328 e. The molecule has 0 spiro atoms. The second-order valence-corrected chi connectivity index (χ2v) is 4.27. The number of hydrogen-bond donors (Lipinski definition) is 2. The van der Waals surface area contributed by atoms with Crippen molar-refractivity contribution in [1.82, 2.24) is 14.9 Å². The van der Waals surface area contributed by atoms with Crippen LogP contribution in [0.1, 0.15) is 18.1 Å². The SMILES string of the molecule is CCc1cn(CCNCc2ccoc2)c(=O)[nH]c1=O. The van der Waals surface area contributed by atoms with Crippen molar-refractivity contribution in [3.05, 3.63) is 56.8 Å². The topological polar surface area (TPSA) is 80.0 Å². The Morgan fingerprint density at radius 3 is 2.95 bits per heavy atom. The molecule has 102 valence electrons. The van der Waals surface area contributed by atoms with Crippen molar-refractivity contribution in [3.8, 4) is 0 Å². The lowest BCUT2D eigenvalue weighted by atomic mass is 10.2. The minimum atomic E-state index is -0.368. The molecule has 0 aliphatic carbocycles. The summed E-state index contributed by atoms with van der Waals surface area (Å²) in [7, 11) is 0. The summed E-state index contributed by atoms with van der Waals surface area (Å²) < 4.78 is 6.47. The minimum Gasteiger partial charge on any atom is -0.472 e. The van der Waals surface area contributed by atoms with Crippen molar-refractivity contribution in [2.75, 3.05) is 6.54 Å². The molecule has 2 heterocycles. The van der Waals surface area contributed by atoms with Gasteiger partial charge in [-0.2, -0.15) is 0 Å². The van der Waals surface area contributed by atoms with Crippen LogP contribution in [0.15, 0.2) is 38.8 Å². The zero-order valence-electron chi connectivity index (χ0n) is 10.8. The Balaban J connectivity index is 1.92. The first-order valence-corrected chi connectivity index (χ1v) is 6.25. The van der Waals surface area contributed by atoms with E-state index in [4.69, 9.17) is 4.42 Å². The van der Waals surface area contributed by atoms with Crippen molar-refractivity contribution >= 4 is 0 Å². The first-order chi connectivity index (χ1) is 9.20. The summed E-state index contributed by atoms with van der Waals surface area (Å²) in [4.78, 5) is 25.3. The van der Waals surface area contributed by atoms with Gasteiger partial charge in [-0.3, -0.25) is 14.3 Å². The molecule has 0 aliphatic rings. The van der Waals surface area contributed by atoms with Crippen LogP contribution in [-0.4, -0.2) is 16.1 Å². The van der Waals surface area contributed by atoms with Gasteiger partial charge in [0, 0.05) is 37.0 Å². The van der Waals surface area contributed by atoms with Crippen molar-refractivity contribution < 1.29 is 4.42 Å². The van der Waals surface area contributed by atoms with Gasteiger partial charge in [0.15, 0.2) is 0 Å². The molecule has 19 heavy (non-hydrogen) atoms. The van der Waals surface area contributed by atoms with Crippen LogP contribution < -0.4 is 16.6 Å². The van der Waals surface area contributed by atoms with Crippen molar-refractivity contribution in [3.63, 3.8) is 0 Å². The van der Waals surface area contributed by atoms with Crippen LogP contribution in [0.5, 0.6) is 0 Å². The Hall–Kier alpha value is -2.08. The number of nitrogens with zero attached hydrogens (tertiary/aromatic N) is 1. The number of furan rings is 1. The molecular weight excluding hydrogens is 246 g/mol. The second kappa shape index (κ2) is 6.19. The first-order valence-electron chi connectivity index (χ1n) is 6.25. The van der Waals surface area contributed by atoms with E-state index in [1.54, 1.807) is 18.7 Å². The van der Waals surface area contributed by atoms with Gasteiger partial charge in [-0.25, -0.2) is 4.79 Å². The number of rotatable bonds is 6. The van der Waals surface area contributed by atoms with E-state index in [1.165, 1.54) is 4.57 Å². The van der Waals surface area contributed by atoms with Gasteiger partial charge in [0.05, 0.1) is 12.5 Å². The molecule has 2 aromatic heterocycles. The number of hydrogen-bond acceptors (Lipinski definition) is 4. The highest BCUT2D eigenvalue weighted by Crippen LogP contribution is 1.98. The lowest BCUT2D eigenvalue weighted by Crippen LogP contribution is -2.34. The Labute approximate surface area is 110 Å². The summed E-state index contributed by atoms with van der Waals surface area (Å²) in [5.74, 6) is 0. The number of aromatic amines is 1. The van der Waals surface area contributed by atoms with E-state index in [1.807, 2.05) is 13.0 Å². The molecule has 0 aliphatic heterocycles. The fourth-order valence-corrected chi connectivity index (χ4v) is 1.80. The van der Waals surface area contributed by atoms with Gasteiger partial charge in [0.2, 0.25) is 0 Å².